The number of fused-ring (bicyclic) bond motifs is 1. The van der Waals surface area contributed by atoms with Crippen LogP contribution in [0.5, 0.6) is 0 Å². The fourth-order valence-electron chi connectivity index (χ4n) is 4.91. The van der Waals surface area contributed by atoms with E-state index in [4.69, 9.17) is 0 Å². The number of nitrogens with one attached hydrogen (secondary N) is 1. The molecule has 2 aromatic rings. The zero-order valence-electron chi connectivity index (χ0n) is 17.0. The van der Waals surface area contributed by atoms with Crippen LogP contribution in [0.2, 0.25) is 0 Å². The van der Waals surface area contributed by atoms with Crippen molar-refractivity contribution < 1.29 is 9.59 Å². The Labute approximate surface area is 166 Å². The summed E-state index contributed by atoms with van der Waals surface area (Å²) in [5.74, 6) is 0.00205. The first kappa shape index (κ1) is 18.8. The minimum atomic E-state index is -0.0588. The van der Waals surface area contributed by atoms with Crippen LogP contribution in [-0.4, -0.2) is 22.9 Å². The minimum Gasteiger partial charge on any atom is -0.345 e. The van der Waals surface area contributed by atoms with Crippen molar-refractivity contribution >= 4 is 23.2 Å². The van der Waals surface area contributed by atoms with Crippen molar-refractivity contribution in [2.75, 3.05) is 16.8 Å². The summed E-state index contributed by atoms with van der Waals surface area (Å²) < 4.78 is 2.36. The molecule has 0 bridgehead atoms. The average Bonchev–Trinajstić information content (AvgIpc) is 3.22. The fourth-order valence-corrected chi connectivity index (χ4v) is 4.91. The molecule has 1 aliphatic heterocycles. The maximum atomic E-state index is 13.0. The lowest BCUT2D eigenvalue weighted by molar-refractivity contribution is -0.116. The van der Waals surface area contributed by atoms with Crippen LogP contribution < -0.4 is 10.2 Å². The van der Waals surface area contributed by atoms with Crippen molar-refractivity contribution in [2.24, 2.45) is 0 Å². The van der Waals surface area contributed by atoms with E-state index in [0.717, 1.165) is 34.6 Å². The van der Waals surface area contributed by atoms with Gasteiger partial charge in [-0.1, -0.05) is 19.3 Å². The summed E-state index contributed by atoms with van der Waals surface area (Å²) in [6.45, 7) is 6.46. The van der Waals surface area contributed by atoms with Crippen molar-refractivity contribution in [3.8, 4) is 0 Å². The van der Waals surface area contributed by atoms with Crippen LogP contribution in [0.25, 0.3) is 0 Å². The van der Waals surface area contributed by atoms with E-state index in [-0.39, 0.29) is 11.8 Å². The average molecular weight is 380 g/mol. The molecule has 2 amide bonds. The number of benzene rings is 1. The molecule has 1 saturated carbocycles. The molecular weight excluding hydrogens is 350 g/mol. The first-order chi connectivity index (χ1) is 13.5. The van der Waals surface area contributed by atoms with E-state index < -0.39 is 0 Å². The number of hydrogen-bond donors (Lipinski definition) is 1. The quantitative estimate of drug-likeness (QED) is 0.835. The Morgan fingerprint density at radius 2 is 1.82 bits per heavy atom. The highest BCUT2D eigenvalue weighted by atomic mass is 16.2. The lowest BCUT2D eigenvalue weighted by atomic mass is 9.95. The molecule has 1 aliphatic carbocycles. The van der Waals surface area contributed by atoms with Crippen molar-refractivity contribution in [3.63, 3.8) is 0 Å². The highest BCUT2D eigenvalue weighted by Crippen LogP contribution is 2.33. The first-order valence-corrected chi connectivity index (χ1v) is 10.4. The Morgan fingerprint density at radius 1 is 1.07 bits per heavy atom. The lowest BCUT2D eigenvalue weighted by Crippen LogP contribution is -2.25. The summed E-state index contributed by atoms with van der Waals surface area (Å²) in [6, 6.07) is 8.36. The molecule has 1 aromatic heterocycles. The van der Waals surface area contributed by atoms with Gasteiger partial charge in [0, 0.05) is 42.3 Å². The van der Waals surface area contributed by atoms with Gasteiger partial charge in [-0.25, -0.2) is 0 Å². The summed E-state index contributed by atoms with van der Waals surface area (Å²) in [4.78, 5) is 26.5. The van der Waals surface area contributed by atoms with Crippen molar-refractivity contribution in [3.05, 3.63) is 46.8 Å². The van der Waals surface area contributed by atoms with Crippen LogP contribution >= 0.6 is 0 Å². The van der Waals surface area contributed by atoms with Crippen LogP contribution in [0.15, 0.2) is 24.3 Å². The zero-order chi connectivity index (χ0) is 19.8. The standard InChI is InChI=1S/C23H29N3O2/c1-15-13-21(16(2)26(15)20-7-5-4-6-8-20)23(28)24-19-9-10-22-18(14-19)11-12-25(22)17(3)27/h9-10,13-14,20H,4-8,11-12H2,1-3H3,(H,24,28). The number of aryl methyl sites for hydroxylation is 1. The van der Waals surface area contributed by atoms with Gasteiger partial charge in [0.15, 0.2) is 0 Å². The molecule has 2 aliphatic rings. The van der Waals surface area contributed by atoms with Gasteiger partial charge in [-0.05, 0) is 62.9 Å². The van der Waals surface area contributed by atoms with Crippen LogP contribution in [0.1, 0.15) is 72.4 Å². The van der Waals surface area contributed by atoms with Crippen molar-refractivity contribution in [1.82, 2.24) is 4.57 Å². The Hall–Kier alpha value is -2.56. The van der Waals surface area contributed by atoms with Gasteiger partial charge in [-0.3, -0.25) is 9.59 Å². The third-order valence-electron chi connectivity index (χ3n) is 6.28. The van der Waals surface area contributed by atoms with Crippen LogP contribution in [-0.2, 0) is 11.2 Å². The molecule has 1 N–H and O–H groups in total. The van der Waals surface area contributed by atoms with E-state index in [0.29, 0.717) is 12.6 Å². The van der Waals surface area contributed by atoms with Crippen molar-refractivity contribution in [1.29, 1.82) is 0 Å². The van der Waals surface area contributed by atoms with Crippen LogP contribution in [0, 0.1) is 13.8 Å². The lowest BCUT2D eigenvalue weighted by Gasteiger charge is -2.26. The molecule has 0 unspecified atom stereocenters. The van der Waals surface area contributed by atoms with Gasteiger partial charge in [0.2, 0.25) is 5.91 Å². The summed E-state index contributed by atoms with van der Waals surface area (Å²) in [5, 5.41) is 3.06. The largest absolute Gasteiger partial charge is 0.345 e. The predicted molar refractivity (Wildman–Crippen MR) is 112 cm³/mol. The van der Waals surface area contributed by atoms with Gasteiger partial charge in [0.05, 0.1) is 5.56 Å². The monoisotopic (exact) mass is 379 g/mol. The highest BCUT2D eigenvalue weighted by Gasteiger charge is 2.24. The smallest absolute Gasteiger partial charge is 0.257 e. The van der Waals surface area contributed by atoms with E-state index in [9.17, 15) is 9.59 Å². The topological polar surface area (TPSA) is 54.3 Å². The van der Waals surface area contributed by atoms with Gasteiger partial charge in [-0.15, -0.1) is 0 Å². The van der Waals surface area contributed by atoms with Gasteiger partial charge in [0.25, 0.3) is 5.91 Å². The first-order valence-electron chi connectivity index (χ1n) is 10.4. The number of carbonyl (C=O) groups is 2. The molecule has 0 spiro atoms. The molecular formula is C23H29N3O2. The number of rotatable bonds is 3. The summed E-state index contributed by atoms with van der Waals surface area (Å²) >= 11 is 0. The zero-order valence-corrected chi connectivity index (χ0v) is 17.0. The van der Waals surface area contributed by atoms with E-state index >= 15 is 0 Å². The van der Waals surface area contributed by atoms with Gasteiger partial charge >= 0.3 is 0 Å². The highest BCUT2D eigenvalue weighted by molar-refractivity contribution is 6.05. The summed E-state index contributed by atoms with van der Waals surface area (Å²) in [6.07, 6.45) is 7.10. The molecule has 2 heterocycles. The molecule has 4 rings (SSSR count). The number of carbonyl (C=O) groups excluding carboxylic acids is 2. The van der Waals surface area contributed by atoms with Gasteiger partial charge in [-0.2, -0.15) is 0 Å². The molecule has 1 aromatic carbocycles. The van der Waals surface area contributed by atoms with Crippen molar-refractivity contribution in [2.45, 2.75) is 65.3 Å². The summed E-state index contributed by atoms with van der Waals surface area (Å²) in [5.41, 5.74) is 5.85. The Kier molecular flexibility index (Phi) is 5.00. The fraction of sp³-hybridized carbons (Fsp3) is 0.478. The summed E-state index contributed by atoms with van der Waals surface area (Å²) in [7, 11) is 0. The molecule has 0 radical (unpaired) electrons. The molecule has 0 saturated heterocycles. The van der Waals surface area contributed by atoms with Crippen LogP contribution in [0.4, 0.5) is 11.4 Å². The number of anilines is 2. The van der Waals surface area contributed by atoms with E-state index in [1.54, 1.807) is 11.8 Å². The second kappa shape index (κ2) is 7.46. The third kappa shape index (κ3) is 3.34. The van der Waals surface area contributed by atoms with E-state index in [2.05, 4.69) is 23.7 Å². The molecule has 5 nitrogen and oxygen atoms in total. The Morgan fingerprint density at radius 3 is 2.54 bits per heavy atom. The molecule has 148 valence electrons. The predicted octanol–water partition coefficient (Wildman–Crippen LogP) is 4.77. The molecule has 1 fully saturated rings. The second-order valence-corrected chi connectivity index (χ2v) is 8.16. The number of amides is 2. The second-order valence-electron chi connectivity index (χ2n) is 8.16. The molecule has 5 heteroatoms. The van der Waals surface area contributed by atoms with E-state index in [1.807, 2.05) is 24.3 Å². The minimum absolute atomic E-state index is 0.0588. The molecule has 0 atom stereocenters. The Balaban J connectivity index is 1.54. The normalized spacial score (nSPS) is 16.9. The Bertz CT molecular complexity index is 922. The SMILES string of the molecule is CC(=O)N1CCc2cc(NC(=O)c3cc(C)n(C4CCCCC4)c3C)ccc21. The van der Waals surface area contributed by atoms with Gasteiger partial charge < -0.3 is 14.8 Å². The number of hydrogen-bond acceptors (Lipinski definition) is 2. The maximum Gasteiger partial charge on any atom is 0.257 e. The van der Waals surface area contributed by atoms with E-state index in [1.165, 1.54) is 37.8 Å². The number of aromatic nitrogens is 1. The maximum absolute atomic E-state index is 13.0. The van der Waals surface area contributed by atoms with Gasteiger partial charge in [0.1, 0.15) is 0 Å². The number of nitrogens with zero attached hydrogens (tertiary/aromatic N) is 2. The molecule has 28 heavy (non-hydrogen) atoms. The van der Waals surface area contributed by atoms with Crippen LogP contribution in [0.3, 0.4) is 0 Å². The third-order valence-corrected chi connectivity index (χ3v) is 6.28.